The van der Waals surface area contributed by atoms with E-state index in [0.717, 1.165) is 22.1 Å². The van der Waals surface area contributed by atoms with E-state index in [1.54, 1.807) is 18.2 Å². The second-order valence-corrected chi connectivity index (χ2v) is 4.96. The monoisotopic (exact) mass is 304 g/mol. The minimum atomic E-state index is 0.621. The van der Waals surface area contributed by atoms with Crippen LogP contribution in [-0.4, -0.2) is 6.29 Å². The summed E-state index contributed by atoms with van der Waals surface area (Å²) >= 11 is 3.40. The summed E-state index contributed by atoms with van der Waals surface area (Å²) in [5, 5.41) is 0. The molecule has 2 aromatic rings. The lowest BCUT2D eigenvalue weighted by molar-refractivity contribution is 0.112. The molecule has 0 aliphatic rings. The quantitative estimate of drug-likeness (QED) is 0.770. The van der Waals surface area contributed by atoms with E-state index in [4.69, 9.17) is 4.74 Å². The summed E-state index contributed by atoms with van der Waals surface area (Å²) in [7, 11) is 0. The van der Waals surface area contributed by atoms with Crippen LogP contribution in [0.2, 0.25) is 0 Å². The van der Waals surface area contributed by atoms with Gasteiger partial charge in [0.05, 0.1) is 4.47 Å². The standard InChI is InChI=1S/C15H13BrO2/c1-10-4-3-5-14(11(10)2)18-15-7-6-12(9-17)8-13(15)16/h3-9H,1-2H3. The predicted octanol–water partition coefficient (Wildman–Crippen LogP) is 4.67. The summed E-state index contributed by atoms with van der Waals surface area (Å²) in [5.74, 6) is 1.53. The number of carbonyl (C=O) groups excluding carboxylic acids is 1. The smallest absolute Gasteiger partial charge is 0.150 e. The highest BCUT2D eigenvalue weighted by Crippen LogP contribution is 2.32. The number of aldehydes is 1. The Morgan fingerprint density at radius 2 is 1.89 bits per heavy atom. The minimum Gasteiger partial charge on any atom is -0.456 e. The molecule has 0 N–H and O–H groups in total. The second kappa shape index (κ2) is 5.36. The van der Waals surface area contributed by atoms with Crippen LogP contribution in [0.1, 0.15) is 21.5 Å². The third-order valence-electron chi connectivity index (χ3n) is 2.87. The number of carbonyl (C=O) groups is 1. The Labute approximate surface area is 115 Å². The first-order chi connectivity index (χ1) is 8.61. The van der Waals surface area contributed by atoms with E-state index >= 15 is 0 Å². The lowest BCUT2D eigenvalue weighted by Crippen LogP contribution is -1.91. The molecule has 0 fully saturated rings. The molecule has 0 unspecified atom stereocenters. The molecule has 2 aromatic carbocycles. The van der Waals surface area contributed by atoms with Gasteiger partial charge >= 0.3 is 0 Å². The van der Waals surface area contributed by atoms with Crippen molar-refractivity contribution in [3.63, 3.8) is 0 Å². The van der Waals surface area contributed by atoms with Gasteiger partial charge in [0.15, 0.2) is 0 Å². The number of hydrogen-bond acceptors (Lipinski definition) is 2. The average molecular weight is 305 g/mol. The van der Waals surface area contributed by atoms with E-state index in [1.165, 1.54) is 5.56 Å². The van der Waals surface area contributed by atoms with Gasteiger partial charge in [0.25, 0.3) is 0 Å². The second-order valence-electron chi connectivity index (χ2n) is 4.11. The van der Waals surface area contributed by atoms with Gasteiger partial charge in [0, 0.05) is 5.56 Å². The number of hydrogen-bond donors (Lipinski definition) is 0. The highest BCUT2D eigenvalue weighted by atomic mass is 79.9. The molecule has 2 rings (SSSR count). The molecule has 0 heterocycles. The molecule has 2 nitrogen and oxygen atoms in total. The zero-order chi connectivity index (χ0) is 13.1. The zero-order valence-corrected chi connectivity index (χ0v) is 11.8. The maximum atomic E-state index is 10.7. The van der Waals surface area contributed by atoms with Gasteiger partial charge < -0.3 is 4.74 Å². The van der Waals surface area contributed by atoms with E-state index in [9.17, 15) is 4.79 Å². The summed E-state index contributed by atoms with van der Waals surface area (Å²) in [6, 6.07) is 11.2. The van der Waals surface area contributed by atoms with Crippen molar-refractivity contribution in [2.75, 3.05) is 0 Å². The van der Waals surface area contributed by atoms with Gasteiger partial charge in [-0.15, -0.1) is 0 Å². The molecule has 0 atom stereocenters. The van der Waals surface area contributed by atoms with Crippen LogP contribution in [0, 0.1) is 13.8 Å². The Hall–Kier alpha value is -1.61. The van der Waals surface area contributed by atoms with Crippen molar-refractivity contribution < 1.29 is 9.53 Å². The zero-order valence-electron chi connectivity index (χ0n) is 10.2. The van der Waals surface area contributed by atoms with Crippen LogP contribution in [0.4, 0.5) is 0 Å². The van der Waals surface area contributed by atoms with E-state index in [1.807, 2.05) is 32.0 Å². The van der Waals surface area contributed by atoms with Gasteiger partial charge in [-0.1, -0.05) is 12.1 Å². The molecular weight excluding hydrogens is 292 g/mol. The first-order valence-electron chi connectivity index (χ1n) is 5.60. The topological polar surface area (TPSA) is 26.3 Å². The third-order valence-corrected chi connectivity index (χ3v) is 3.49. The fourth-order valence-corrected chi connectivity index (χ4v) is 2.10. The number of halogens is 1. The van der Waals surface area contributed by atoms with Crippen LogP contribution in [0.15, 0.2) is 40.9 Å². The van der Waals surface area contributed by atoms with Crippen molar-refractivity contribution in [2.45, 2.75) is 13.8 Å². The van der Waals surface area contributed by atoms with E-state index in [0.29, 0.717) is 11.3 Å². The molecule has 0 aliphatic heterocycles. The van der Waals surface area contributed by atoms with Crippen molar-refractivity contribution in [1.29, 1.82) is 0 Å². The number of aryl methyl sites for hydroxylation is 1. The summed E-state index contributed by atoms with van der Waals surface area (Å²) in [6.45, 7) is 4.07. The summed E-state index contributed by atoms with van der Waals surface area (Å²) in [4.78, 5) is 10.7. The molecule has 0 saturated heterocycles. The molecule has 0 spiro atoms. The van der Waals surface area contributed by atoms with Crippen LogP contribution in [-0.2, 0) is 0 Å². The van der Waals surface area contributed by atoms with Crippen LogP contribution < -0.4 is 4.74 Å². The number of benzene rings is 2. The van der Waals surface area contributed by atoms with Crippen LogP contribution >= 0.6 is 15.9 Å². The summed E-state index contributed by atoms with van der Waals surface area (Å²) in [5.41, 5.74) is 2.92. The lowest BCUT2D eigenvalue weighted by Gasteiger charge is -2.11. The van der Waals surface area contributed by atoms with Gasteiger partial charge in [-0.2, -0.15) is 0 Å². The fraction of sp³-hybridized carbons (Fsp3) is 0.133. The molecule has 0 radical (unpaired) electrons. The van der Waals surface area contributed by atoms with Crippen molar-refractivity contribution in [2.24, 2.45) is 0 Å². The first-order valence-corrected chi connectivity index (χ1v) is 6.40. The maximum absolute atomic E-state index is 10.7. The van der Waals surface area contributed by atoms with Crippen molar-refractivity contribution in [3.05, 3.63) is 57.6 Å². The molecule has 0 bridgehead atoms. The highest BCUT2D eigenvalue weighted by Gasteiger charge is 2.07. The Morgan fingerprint density at radius 3 is 2.56 bits per heavy atom. The van der Waals surface area contributed by atoms with Gasteiger partial charge in [-0.25, -0.2) is 0 Å². The van der Waals surface area contributed by atoms with Crippen LogP contribution in [0.25, 0.3) is 0 Å². The van der Waals surface area contributed by atoms with Crippen LogP contribution in [0.5, 0.6) is 11.5 Å². The van der Waals surface area contributed by atoms with E-state index in [2.05, 4.69) is 15.9 Å². The highest BCUT2D eigenvalue weighted by molar-refractivity contribution is 9.10. The molecule has 92 valence electrons. The van der Waals surface area contributed by atoms with Gasteiger partial charge in [0.1, 0.15) is 17.8 Å². The van der Waals surface area contributed by atoms with Gasteiger partial charge in [-0.05, 0) is 65.2 Å². The molecule has 0 aromatic heterocycles. The number of rotatable bonds is 3. The largest absolute Gasteiger partial charge is 0.456 e. The normalized spacial score (nSPS) is 10.2. The van der Waals surface area contributed by atoms with Crippen molar-refractivity contribution in [1.82, 2.24) is 0 Å². The molecule has 0 aliphatic carbocycles. The molecule has 0 amide bonds. The van der Waals surface area contributed by atoms with E-state index < -0.39 is 0 Å². The molecular formula is C15H13BrO2. The Kier molecular flexibility index (Phi) is 3.82. The summed E-state index contributed by atoms with van der Waals surface area (Å²) < 4.78 is 6.63. The maximum Gasteiger partial charge on any atom is 0.150 e. The third kappa shape index (κ3) is 2.62. The fourth-order valence-electron chi connectivity index (χ4n) is 1.63. The molecule has 18 heavy (non-hydrogen) atoms. The molecule has 0 saturated carbocycles. The predicted molar refractivity (Wildman–Crippen MR) is 75.5 cm³/mol. The van der Waals surface area contributed by atoms with Crippen LogP contribution in [0.3, 0.4) is 0 Å². The summed E-state index contributed by atoms with van der Waals surface area (Å²) in [6.07, 6.45) is 0.812. The Morgan fingerprint density at radius 1 is 1.11 bits per heavy atom. The SMILES string of the molecule is Cc1cccc(Oc2ccc(C=O)cc2Br)c1C. The first kappa shape index (κ1) is 12.8. The van der Waals surface area contributed by atoms with Gasteiger partial charge in [-0.3, -0.25) is 4.79 Å². The number of ether oxygens (including phenoxy) is 1. The average Bonchev–Trinajstić information content (AvgIpc) is 2.37. The minimum absolute atomic E-state index is 0.621. The van der Waals surface area contributed by atoms with Crippen molar-refractivity contribution >= 4 is 22.2 Å². The Bertz CT molecular complexity index is 591. The van der Waals surface area contributed by atoms with Gasteiger partial charge in [0.2, 0.25) is 0 Å². The molecule has 3 heteroatoms. The lowest BCUT2D eigenvalue weighted by atomic mass is 10.1. The van der Waals surface area contributed by atoms with E-state index in [-0.39, 0.29) is 0 Å². The van der Waals surface area contributed by atoms with Crippen molar-refractivity contribution in [3.8, 4) is 11.5 Å². The Balaban J connectivity index is 2.34.